The van der Waals surface area contributed by atoms with Crippen molar-refractivity contribution in [2.24, 2.45) is 0 Å². The van der Waals surface area contributed by atoms with Crippen LogP contribution in [0, 0.1) is 13.8 Å². The molecule has 2 N–H and O–H groups in total. The number of aromatic nitrogens is 4. The molecule has 0 aliphatic carbocycles. The molecule has 6 nitrogen and oxygen atoms in total. The third-order valence-corrected chi connectivity index (χ3v) is 5.56. The zero-order valence-electron chi connectivity index (χ0n) is 16.4. The van der Waals surface area contributed by atoms with Crippen LogP contribution in [-0.4, -0.2) is 25.3 Å². The third kappa shape index (κ3) is 3.21. The average molecular weight is 416 g/mol. The van der Waals surface area contributed by atoms with E-state index in [0.717, 1.165) is 44.1 Å². The Morgan fingerprint density at radius 2 is 1.83 bits per heavy atom. The van der Waals surface area contributed by atoms with Crippen molar-refractivity contribution in [3.05, 3.63) is 82.8 Å². The van der Waals surface area contributed by atoms with Crippen LogP contribution in [0.2, 0.25) is 5.02 Å². The number of pyridine rings is 1. The highest BCUT2D eigenvalue weighted by atomic mass is 35.5. The van der Waals surface area contributed by atoms with Crippen LogP contribution in [0.15, 0.2) is 60.8 Å². The van der Waals surface area contributed by atoms with Crippen molar-refractivity contribution in [3.63, 3.8) is 0 Å². The summed E-state index contributed by atoms with van der Waals surface area (Å²) < 4.78 is 1.88. The quantitative estimate of drug-likeness (QED) is 0.414. The van der Waals surface area contributed by atoms with Crippen molar-refractivity contribution in [1.82, 2.24) is 19.4 Å². The molecule has 2 aromatic carbocycles. The van der Waals surface area contributed by atoms with E-state index in [4.69, 9.17) is 11.6 Å². The molecule has 0 saturated carbocycles. The second-order valence-electron chi connectivity index (χ2n) is 7.26. The molecular weight excluding hydrogens is 398 g/mol. The van der Waals surface area contributed by atoms with Gasteiger partial charge in [-0.3, -0.25) is 10.1 Å². The number of rotatable bonds is 3. The SMILES string of the molecule is Cc1cc(-c2ccc3[nH]c(NC(=O)c4cn5c(C)cccc5n4)nc3c2)ccc1Cl. The van der Waals surface area contributed by atoms with Gasteiger partial charge in [0.1, 0.15) is 11.3 Å². The Bertz CT molecular complexity index is 1430. The maximum atomic E-state index is 12.7. The van der Waals surface area contributed by atoms with Gasteiger partial charge in [-0.25, -0.2) is 9.97 Å². The lowest BCUT2D eigenvalue weighted by Crippen LogP contribution is -2.13. The van der Waals surface area contributed by atoms with E-state index >= 15 is 0 Å². The number of carbonyl (C=O) groups excluding carboxylic acids is 1. The first-order valence-corrected chi connectivity index (χ1v) is 9.88. The molecule has 0 atom stereocenters. The summed E-state index contributed by atoms with van der Waals surface area (Å²) in [5, 5.41) is 3.55. The molecule has 1 amide bonds. The lowest BCUT2D eigenvalue weighted by Gasteiger charge is -2.04. The van der Waals surface area contributed by atoms with Crippen LogP contribution >= 0.6 is 11.6 Å². The second-order valence-corrected chi connectivity index (χ2v) is 7.66. The number of anilines is 1. The number of nitrogens with one attached hydrogen (secondary N) is 2. The zero-order valence-corrected chi connectivity index (χ0v) is 17.2. The number of aryl methyl sites for hydroxylation is 2. The van der Waals surface area contributed by atoms with E-state index < -0.39 is 0 Å². The second kappa shape index (κ2) is 7.00. The van der Waals surface area contributed by atoms with Gasteiger partial charge in [0.15, 0.2) is 0 Å². The van der Waals surface area contributed by atoms with Crippen LogP contribution < -0.4 is 5.32 Å². The molecule has 148 valence electrons. The number of amides is 1. The number of hydrogen-bond donors (Lipinski definition) is 2. The first-order valence-electron chi connectivity index (χ1n) is 9.50. The molecule has 0 spiro atoms. The van der Waals surface area contributed by atoms with E-state index in [1.807, 2.05) is 72.8 Å². The summed E-state index contributed by atoms with van der Waals surface area (Å²) in [6.07, 6.45) is 1.73. The summed E-state index contributed by atoms with van der Waals surface area (Å²) in [6.45, 7) is 3.95. The predicted octanol–water partition coefficient (Wildman–Crippen LogP) is 5.40. The number of imidazole rings is 2. The molecule has 30 heavy (non-hydrogen) atoms. The average Bonchev–Trinajstić information content (AvgIpc) is 3.34. The van der Waals surface area contributed by atoms with Crippen molar-refractivity contribution in [2.45, 2.75) is 13.8 Å². The summed E-state index contributed by atoms with van der Waals surface area (Å²) in [5.74, 6) is 0.0684. The lowest BCUT2D eigenvalue weighted by atomic mass is 10.0. The number of aromatic amines is 1. The first-order chi connectivity index (χ1) is 14.5. The molecule has 0 aliphatic heterocycles. The zero-order chi connectivity index (χ0) is 20.8. The highest BCUT2D eigenvalue weighted by Crippen LogP contribution is 2.27. The molecule has 7 heteroatoms. The topological polar surface area (TPSA) is 75.1 Å². The Balaban J connectivity index is 1.43. The Morgan fingerprint density at radius 1 is 1.03 bits per heavy atom. The minimum Gasteiger partial charge on any atom is -0.324 e. The van der Waals surface area contributed by atoms with Gasteiger partial charge in [-0.05, 0) is 66.9 Å². The Labute approximate surface area is 177 Å². The van der Waals surface area contributed by atoms with Crippen LogP contribution in [0.25, 0.3) is 27.8 Å². The number of carbonyl (C=O) groups is 1. The standard InChI is InChI=1S/C23H18ClN5O/c1-13-10-15(6-8-17(13)24)16-7-9-18-19(11-16)27-23(26-18)28-22(30)20-12-29-14(2)4-3-5-21(29)25-20/h3-12H,1-2H3,(H2,26,27,28,30). The molecule has 0 aliphatic rings. The van der Waals surface area contributed by atoms with Gasteiger partial charge in [-0.1, -0.05) is 29.8 Å². The van der Waals surface area contributed by atoms with Gasteiger partial charge in [0.05, 0.1) is 11.0 Å². The number of H-pyrrole nitrogens is 1. The highest BCUT2D eigenvalue weighted by Gasteiger charge is 2.14. The number of hydrogen-bond acceptors (Lipinski definition) is 3. The van der Waals surface area contributed by atoms with E-state index in [1.54, 1.807) is 6.20 Å². The molecule has 0 bridgehead atoms. The van der Waals surface area contributed by atoms with Crippen LogP contribution in [0.5, 0.6) is 0 Å². The van der Waals surface area contributed by atoms with Crippen LogP contribution in [-0.2, 0) is 0 Å². The van der Waals surface area contributed by atoms with E-state index in [9.17, 15) is 4.79 Å². The molecule has 3 aromatic heterocycles. The summed E-state index contributed by atoms with van der Waals surface area (Å²) in [6, 6.07) is 17.6. The molecule has 5 rings (SSSR count). The molecule has 0 unspecified atom stereocenters. The van der Waals surface area contributed by atoms with Gasteiger partial charge in [-0.15, -0.1) is 0 Å². The van der Waals surface area contributed by atoms with Gasteiger partial charge in [0, 0.05) is 16.9 Å². The lowest BCUT2D eigenvalue weighted by molar-refractivity contribution is 0.102. The maximum Gasteiger partial charge on any atom is 0.278 e. The molecule has 0 radical (unpaired) electrons. The van der Waals surface area contributed by atoms with Crippen molar-refractivity contribution in [1.29, 1.82) is 0 Å². The van der Waals surface area contributed by atoms with Crippen molar-refractivity contribution >= 4 is 40.1 Å². The Morgan fingerprint density at radius 3 is 2.63 bits per heavy atom. The van der Waals surface area contributed by atoms with Crippen LogP contribution in [0.3, 0.4) is 0 Å². The molecule has 5 aromatic rings. The fourth-order valence-electron chi connectivity index (χ4n) is 3.50. The molecule has 0 saturated heterocycles. The minimum absolute atomic E-state index is 0.314. The molecular formula is C23H18ClN5O. The van der Waals surface area contributed by atoms with E-state index in [1.165, 1.54) is 0 Å². The largest absolute Gasteiger partial charge is 0.324 e. The van der Waals surface area contributed by atoms with Crippen molar-refractivity contribution < 1.29 is 4.79 Å². The van der Waals surface area contributed by atoms with E-state index in [2.05, 4.69) is 20.3 Å². The van der Waals surface area contributed by atoms with E-state index in [-0.39, 0.29) is 5.91 Å². The summed E-state index contributed by atoms with van der Waals surface area (Å²) in [4.78, 5) is 24.7. The van der Waals surface area contributed by atoms with Crippen molar-refractivity contribution in [2.75, 3.05) is 5.32 Å². The Kier molecular flexibility index (Phi) is 4.29. The van der Waals surface area contributed by atoms with Gasteiger partial charge >= 0.3 is 0 Å². The highest BCUT2D eigenvalue weighted by molar-refractivity contribution is 6.31. The number of halogens is 1. The minimum atomic E-state index is -0.314. The smallest absolute Gasteiger partial charge is 0.278 e. The molecule has 0 fully saturated rings. The number of nitrogens with zero attached hydrogens (tertiary/aromatic N) is 3. The van der Waals surface area contributed by atoms with Crippen LogP contribution in [0.1, 0.15) is 21.7 Å². The van der Waals surface area contributed by atoms with Crippen LogP contribution in [0.4, 0.5) is 5.95 Å². The van der Waals surface area contributed by atoms with Gasteiger partial charge in [0.25, 0.3) is 5.91 Å². The predicted molar refractivity (Wildman–Crippen MR) is 119 cm³/mol. The normalized spacial score (nSPS) is 11.3. The summed E-state index contributed by atoms with van der Waals surface area (Å²) >= 11 is 6.14. The number of fused-ring (bicyclic) bond motifs is 2. The monoisotopic (exact) mass is 415 g/mol. The molecule has 3 heterocycles. The Hall–Kier alpha value is -3.64. The van der Waals surface area contributed by atoms with Gasteiger partial charge in [0.2, 0.25) is 5.95 Å². The fraction of sp³-hybridized carbons (Fsp3) is 0.0870. The first kappa shape index (κ1) is 18.4. The van der Waals surface area contributed by atoms with Gasteiger partial charge in [-0.2, -0.15) is 0 Å². The summed E-state index contributed by atoms with van der Waals surface area (Å²) in [7, 11) is 0. The summed E-state index contributed by atoms with van der Waals surface area (Å²) in [5.41, 5.74) is 6.79. The van der Waals surface area contributed by atoms with Gasteiger partial charge < -0.3 is 9.38 Å². The van der Waals surface area contributed by atoms with Crippen molar-refractivity contribution in [3.8, 4) is 11.1 Å². The maximum absolute atomic E-state index is 12.7. The fourth-order valence-corrected chi connectivity index (χ4v) is 3.62. The van der Waals surface area contributed by atoms with E-state index in [0.29, 0.717) is 11.6 Å². The third-order valence-electron chi connectivity index (χ3n) is 5.13. The number of benzene rings is 2.